The molecule has 1 aromatic carbocycles. The number of anilines is 1. The van der Waals surface area contributed by atoms with Crippen LogP contribution in [-0.4, -0.2) is 53.9 Å². The van der Waals surface area contributed by atoms with Gasteiger partial charge in [0.25, 0.3) is 0 Å². The first-order valence-electron chi connectivity index (χ1n) is 7.69. The van der Waals surface area contributed by atoms with Crippen molar-refractivity contribution in [1.82, 2.24) is 19.3 Å². The third-order valence-electron chi connectivity index (χ3n) is 4.10. The van der Waals surface area contributed by atoms with Gasteiger partial charge in [-0.2, -0.15) is 4.31 Å². The van der Waals surface area contributed by atoms with Crippen LogP contribution in [0.5, 0.6) is 0 Å². The highest BCUT2D eigenvalue weighted by atomic mass is 32.2. The van der Waals surface area contributed by atoms with E-state index in [0.717, 1.165) is 0 Å². The Balaban J connectivity index is 1.55. The van der Waals surface area contributed by atoms with Crippen LogP contribution in [0, 0.1) is 0 Å². The first kappa shape index (κ1) is 15.8. The van der Waals surface area contributed by atoms with Crippen molar-refractivity contribution < 1.29 is 12.8 Å². The van der Waals surface area contributed by atoms with Crippen molar-refractivity contribution >= 4 is 27.1 Å². The highest BCUT2D eigenvalue weighted by molar-refractivity contribution is 7.89. The van der Waals surface area contributed by atoms with E-state index in [4.69, 9.17) is 4.42 Å². The van der Waals surface area contributed by atoms with Crippen molar-refractivity contribution in [2.75, 3.05) is 31.1 Å². The lowest BCUT2D eigenvalue weighted by Gasteiger charge is -2.33. The van der Waals surface area contributed by atoms with Crippen molar-refractivity contribution in [2.45, 2.75) is 4.90 Å². The minimum absolute atomic E-state index is 0.104. The van der Waals surface area contributed by atoms with Crippen molar-refractivity contribution in [3.05, 3.63) is 47.2 Å². The zero-order valence-corrected chi connectivity index (χ0v) is 13.9. The van der Waals surface area contributed by atoms with E-state index in [0.29, 0.717) is 37.6 Å². The highest BCUT2D eigenvalue weighted by Gasteiger charge is 2.29. The number of aromatic amines is 1. The number of nitrogens with zero attached hydrogens (tertiary/aromatic N) is 4. The van der Waals surface area contributed by atoms with E-state index in [-0.39, 0.29) is 10.5 Å². The fourth-order valence-corrected chi connectivity index (χ4v) is 4.26. The van der Waals surface area contributed by atoms with Crippen molar-refractivity contribution in [3.63, 3.8) is 0 Å². The lowest BCUT2D eigenvalue weighted by atomic mass is 10.3. The molecule has 0 aliphatic carbocycles. The molecule has 0 bridgehead atoms. The molecule has 10 heteroatoms. The van der Waals surface area contributed by atoms with Gasteiger partial charge < -0.3 is 9.32 Å². The van der Waals surface area contributed by atoms with Crippen LogP contribution >= 0.6 is 0 Å². The quantitative estimate of drug-likeness (QED) is 0.719. The average molecular weight is 361 g/mol. The number of sulfonamides is 1. The molecule has 3 heterocycles. The predicted molar refractivity (Wildman–Crippen MR) is 89.8 cm³/mol. The van der Waals surface area contributed by atoms with Gasteiger partial charge in [0.05, 0.1) is 10.4 Å². The van der Waals surface area contributed by atoms with E-state index in [1.54, 1.807) is 18.5 Å². The Kier molecular flexibility index (Phi) is 3.77. The second-order valence-corrected chi connectivity index (χ2v) is 7.55. The molecule has 1 N–H and O–H groups in total. The maximum atomic E-state index is 12.8. The molecule has 1 saturated heterocycles. The molecule has 0 amide bonds. The molecule has 4 rings (SSSR count). The van der Waals surface area contributed by atoms with E-state index in [9.17, 15) is 13.2 Å². The number of rotatable bonds is 3. The van der Waals surface area contributed by atoms with E-state index in [2.05, 4.69) is 15.0 Å². The Morgan fingerprint density at radius 1 is 1.08 bits per heavy atom. The zero-order valence-electron chi connectivity index (χ0n) is 13.1. The second kappa shape index (κ2) is 5.97. The lowest BCUT2D eigenvalue weighted by molar-refractivity contribution is 0.382. The summed E-state index contributed by atoms with van der Waals surface area (Å²) in [6.07, 6.45) is 3.32. The van der Waals surface area contributed by atoms with Crippen molar-refractivity contribution in [1.29, 1.82) is 0 Å². The first-order chi connectivity index (χ1) is 12.0. The molecule has 0 atom stereocenters. The van der Waals surface area contributed by atoms with E-state index in [1.807, 2.05) is 4.90 Å². The summed E-state index contributed by atoms with van der Waals surface area (Å²) in [5, 5.41) is 0. The molecule has 0 radical (unpaired) electrons. The summed E-state index contributed by atoms with van der Waals surface area (Å²) in [5.74, 6) is -0.0175. The molecule has 0 spiro atoms. The van der Waals surface area contributed by atoms with Gasteiger partial charge in [0.15, 0.2) is 5.58 Å². The largest absolute Gasteiger partial charge is 0.417 e. The predicted octanol–water partition coefficient (Wildman–Crippen LogP) is 0.422. The molecule has 0 unspecified atom stereocenters. The molecular weight excluding hydrogens is 346 g/mol. The van der Waals surface area contributed by atoms with E-state index >= 15 is 0 Å². The van der Waals surface area contributed by atoms with Gasteiger partial charge >= 0.3 is 5.76 Å². The number of piperazine rings is 1. The van der Waals surface area contributed by atoms with Gasteiger partial charge in [-0.15, -0.1) is 0 Å². The molecule has 25 heavy (non-hydrogen) atoms. The fraction of sp³-hybridized carbons (Fsp3) is 0.267. The van der Waals surface area contributed by atoms with Crippen LogP contribution in [0.15, 0.2) is 50.8 Å². The minimum atomic E-state index is -3.66. The van der Waals surface area contributed by atoms with Crippen LogP contribution in [0.1, 0.15) is 0 Å². The molecule has 1 aliphatic heterocycles. The van der Waals surface area contributed by atoms with Crippen LogP contribution in [0.3, 0.4) is 0 Å². The van der Waals surface area contributed by atoms with E-state index in [1.165, 1.54) is 22.5 Å². The summed E-state index contributed by atoms with van der Waals surface area (Å²) in [6.45, 7) is 1.67. The van der Waals surface area contributed by atoms with Gasteiger partial charge in [0.1, 0.15) is 0 Å². The maximum Gasteiger partial charge on any atom is 0.417 e. The summed E-state index contributed by atoms with van der Waals surface area (Å²) in [5.41, 5.74) is 0.692. The van der Waals surface area contributed by atoms with Gasteiger partial charge in [0, 0.05) is 44.6 Å². The SMILES string of the molecule is O=c1[nH]c2ccc(S(=O)(=O)N3CCN(c4ncccn4)CC3)cc2o1. The molecule has 0 saturated carbocycles. The lowest BCUT2D eigenvalue weighted by Crippen LogP contribution is -2.49. The summed E-state index contributed by atoms with van der Waals surface area (Å²) in [7, 11) is -3.66. The summed E-state index contributed by atoms with van der Waals surface area (Å²) in [6, 6.07) is 6.10. The van der Waals surface area contributed by atoms with Crippen molar-refractivity contribution in [2.24, 2.45) is 0 Å². The Bertz CT molecular complexity index is 1050. The maximum absolute atomic E-state index is 12.8. The van der Waals surface area contributed by atoms with Gasteiger partial charge in [-0.05, 0) is 18.2 Å². The van der Waals surface area contributed by atoms with Gasteiger partial charge in [-0.3, -0.25) is 4.98 Å². The van der Waals surface area contributed by atoms with Gasteiger partial charge in [0.2, 0.25) is 16.0 Å². The van der Waals surface area contributed by atoms with Crippen LogP contribution in [-0.2, 0) is 10.0 Å². The molecule has 3 aromatic rings. The molecule has 2 aromatic heterocycles. The topological polar surface area (TPSA) is 112 Å². The summed E-state index contributed by atoms with van der Waals surface area (Å²) >= 11 is 0. The standard InChI is InChI=1S/C15H15N5O4S/c21-15-18-12-3-2-11(10-13(12)24-15)25(22,23)20-8-6-19(7-9-20)14-16-4-1-5-17-14/h1-5,10H,6-9H2,(H,18,21). The number of oxazole rings is 1. The third kappa shape index (κ3) is 2.89. The van der Waals surface area contributed by atoms with Crippen LogP contribution in [0.4, 0.5) is 5.95 Å². The third-order valence-corrected chi connectivity index (χ3v) is 6.00. The number of fused-ring (bicyclic) bond motifs is 1. The molecular formula is C15H15N5O4S. The van der Waals surface area contributed by atoms with Crippen LogP contribution in [0.2, 0.25) is 0 Å². The first-order valence-corrected chi connectivity index (χ1v) is 9.13. The van der Waals surface area contributed by atoms with Crippen LogP contribution < -0.4 is 10.7 Å². The minimum Gasteiger partial charge on any atom is -0.408 e. The second-order valence-electron chi connectivity index (χ2n) is 5.61. The monoisotopic (exact) mass is 361 g/mol. The number of aromatic nitrogens is 3. The fourth-order valence-electron chi connectivity index (χ4n) is 2.82. The number of hydrogen-bond donors (Lipinski definition) is 1. The zero-order chi connectivity index (χ0) is 17.4. The number of hydrogen-bond acceptors (Lipinski definition) is 7. The number of benzene rings is 1. The average Bonchev–Trinajstić information content (AvgIpc) is 3.02. The van der Waals surface area contributed by atoms with E-state index < -0.39 is 15.8 Å². The molecule has 1 fully saturated rings. The number of nitrogens with one attached hydrogen (secondary N) is 1. The summed E-state index contributed by atoms with van der Waals surface area (Å²) < 4.78 is 32.0. The Labute approximate surface area is 143 Å². The Morgan fingerprint density at radius 2 is 1.80 bits per heavy atom. The van der Waals surface area contributed by atoms with Crippen LogP contribution in [0.25, 0.3) is 11.1 Å². The van der Waals surface area contributed by atoms with Crippen molar-refractivity contribution in [3.8, 4) is 0 Å². The highest BCUT2D eigenvalue weighted by Crippen LogP contribution is 2.22. The molecule has 130 valence electrons. The Morgan fingerprint density at radius 3 is 2.52 bits per heavy atom. The molecule has 1 aliphatic rings. The Hall–Kier alpha value is -2.72. The smallest absolute Gasteiger partial charge is 0.408 e. The van der Waals surface area contributed by atoms with Gasteiger partial charge in [-0.1, -0.05) is 0 Å². The summed E-state index contributed by atoms with van der Waals surface area (Å²) in [4.78, 5) is 24.1. The van der Waals surface area contributed by atoms with Gasteiger partial charge in [-0.25, -0.2) is 23.2 Å². The number of H-pyrrole nitrogens is 1. The molecule has 9 nitrogen and oxygen atoms in total. The normalized spacial score (nSPS) is 16.4.